The van der Waals surface area contributed by atoms with Crippen LogP contribution in [-0.2, 0) is 0 Å². The molecule has 1 aromatic carbocycles. The van der Waals surface area contributed by atoms with Crippen LogP contribution >= 0.6 is 0 Å². The predicted molar refractivity (Wildman–Crippen MR) is 78.7 cm³/mol. The first-order chi connectivity index (χ1) is 10.1. The Morgan fingerprint density at radius 1 is 1.43 bits per heavy atom. The first kappa shape index (κ1) is 13.5. The van der Waals surface area contributed by atoms with Crippen molar-refractivity contribution in [3.05, 3.63) is 28.3 Å². The maximum atomic E-state index is 11.6. The van der Waals surface area contributed by atoms with Crippen molar-refractivity contribution in [1.82, 2.24) is 10.2 Å². The monoisotopic (exact) mass is 291 g/mol. The third-order valence-corrected chi connectivity index (χ3v) is 4.04. The number of carbonyl (C=O) groups is 1. The maximum absolute atomic E-state index is 11.6. The fourth-order valence-corrected chi connectivity index (χ4v) is 3.00. The lowest BCUT2D eigenvalue weighted by atomic mass is 10.1. The lowest BCUT2D eigenvalue weighted by Gasteiger charge is -2.37. The van der Waals surface area contributed by atoms with Crippen molar-refractivity contribution in [2.24, 2.45) is 0 Å². The molecule has 2 amide bonds. The molecule has 3 rings (SSSR count). The predicted octanol–water partition coefficient (Wildman–Crippen LogP) is 0.850. The molecule has 0 aromatic heterocycles. The highest BCUT2D eigenvalue weighted by Crippen LogP contribution is 2.36. The molecular formula is C13H17N5O3. The summed E-state index contributed by atoms with van der Waals surface area (Å²) in [6.45, 7) is 2.37. The molecule has 0 radical (unpaired) electrons. The van der Waals surface area contributed by atoms with Crippen molar-refractivity contribution in [3.63, 3.8) is 0 Å². The Morgan fingerprint density at radius 2 is 2.24 bits per heavy atom. The molecular weight excluding hydrogens is 274 g/mol. The molecule has 8 nitrogen and oxygen atoms in total. The molecule has 0 spiro atoms. The first-order valence-electron chi connectivity index (χ1n) is 6.86. The number of benzene rings is 1. The molecule has 0 bridgehead atoms. The minimum Gasteiger partial charge on any atom is -0.382 e. The van der Waals surface area contributed by atoms with E-state index in [9.17, 15) is 14.9 Å². The Balaban J connectivity index is 1.91. The number of nitro groups is 1. The number of urea groups is 1. The molecule has 1 aromatic rings. The Morgan fingerprint density at radius 3 is 2.95 bits per heavy atom. The normalized spacial score (nSPS) is 21.0. The van der Waals surface area contributed by atoms with Crippen molar-refractivity contribution in [2.45, 2.75) is 6.04 Å². The van der Waals surface area contributed by atoms with Crippen molar-refractivity contribution >= 4 is 23.1 Å². The van der Waals surface area contributed by atoms with Crippen LogP contribution in [0, 0.1) is 10.1 Å². The van der Waals surface area contributed by atoms with Crippen LogP contribution < -0.4 is 15.5 Å². The molecule has 21 heavy (non-hydrogen) atoms. The van der Waals surface area contributed by atoms with Gasteiger partial charge in [0, 0.05) is 33.2 Å². The third-order valence-electron chi connectivity index (χ3n) is 4.04. The van der Waals surface area contributed by atoms with E-state index in [1.54, 1.807) is 30.1 Å². The van der Waals surface area contributed by atoms with Crippen molar-refractivity contribution < 1.29 is 9.72 Å². The second-order valence-electron chi connectivity index (χ2n) is 5.16. The van der Waals surface area contributed by atoms with Gasteiger partial charge in [0.2, 0.25) is 0 Å². The van der Waals surface area contributed by atoms with Crippen LogP contribution in [0.1, 0.15) is 0 Å². The van der Waals surface area contributed by atoms with Crippen molar-refractivity contribution in [1.29, 1.82) is 0 Å². The summed E-state index contributed by atoms with van der Waals surface area (Å²) in [6, 6.07) is 5.29. The topological polar surface area (TPSA) is 90.8 Å². The van der Waals surface area contributed by atoms with E-state index in [0.717, 1.165) is 0 Å². The molecule has 1 unspecified atom stereocenters. The SMILES string of the molecule is CNc1cccc(N2CCN3C(=O)NCC3C2)c1[N+](=O)[O-]. The number of amides is 2. The van der Waals surface area contributed by atoms with Crippen LogP contribution in [0.5, 0.6) is 0 Å². The lowest BCUT2D eigenvalue weighted by molar-refractivity contribution is -0.383. The standard InChI is InChI=1S/C13H17N5O3/c1-14-10-3-2-4-11(12(10)18(20)21)16-5-6-17-9(8-16)7-15-13(17)19/h2-4,9,14H,5-8H2,1H3,(H,15,19). The molecule has 2 N–H and O–H groups in total. The summed E-state index contributed by atoms with van der Waals surface area (Å²) in [5, 5.41) is 17.1. The second kappa shape index (κ2) is 5.12. The van der Waals surface area contributed by atoms with E-state index in [2.05, 4.69) is 10.6 Å². The number of carbonyl (C=O) groups excluding carboxylic acids is 1. The maximum Gasteiger partial charge on any atom is 0.317 e. The van der Waals surface area contributed by atoms with E-state index in [1.165, 1.54) is 0 Å². The number of nitrogens with one attached hydrogen (secondary N) is 2. The van der Waals surface area contributed by atoms with E-state index in [0.29, 0.717) is 37.6 Å². The Hall–Kier alpha value is -2.51. The van der Waals surface area contributed by atoms with Gasteiger partial charge in [-0.1, -0.05) is 6.07 Å². The molecule has 2 heterocycles. The van der Waals surface area contributed by atoms with Crippen molar-refractivity contribution in [3.8, 4) is 0 Å². The summed E-state index contributed by atoms with van der Waals surface area (Å²) < 4.78 is 0. The van der Waals surface area contributed by atoms with Gasteiger partial charge >= 0.3 is 11.7 Å². The average molecular weight is 291 g/mol. The molecule has 0 saturated carbocycles. The summed E-state index contributed by atoms with van der Waals surface area (Å²) in [7, 11) is 1.67. The summed E-state index contributed by atoms with van der Waals surface area (Å²) in [5.74, 6) is 0. The molecule has 2 saturated heterocycles. The number of piperazine rings is 1. The van der Waals surface area contributed by atoms with Gasteiger partial charge in [0.15, 0.2) is 0 Å². The van der Waals surface area contributed by atoms with E-state index in [4.69, 9.17) is 0 Å². The Bertz CT molecular complexity index is 591. The quantitative estimate of drug-likeness (QED) is 0.636. The zero-order valence-corrected chi connectivity index (χ0v) is 11.7. The van der Waals surface area contributed by atoms with Gasteiger partial charge in [0.05, 0.1) is 11.0 Å². The van der Waals surface area contributed by atoms with Gasteiger partial charge in [0.1, 0.15) is 11.4 Å². The van der Waals surface area contributed by atoms with Crippen LogP contribution in [0.15, 0.2) is 18.2 Å². The van der Waals surface area contributed by atoms with E-state index < -0.39 is 0 Å². The Kier molecular flexibility index (Phi) is 3.28. The van der Waals surface area contributed by atoms with Crippen LogP contribution in [0.25, 0.3) is 0 Å². The highest BCUT2D eigenvalue weighted by Gasteiger charge is 2.37. The van der Waals surface area contributed by atoms with Crippen LogP contribution in [0.2, 0.25) is 0 Å². The lowest BCUT2D eigenvalue weighted by Crippen LogP contribution is -2.52. The summed E-state index contributed by atoms with van der Waals surface area (Å²) in [4.78, 5) is 26.4. The number of hydrogen-bond acceptors (Lipinski definition) is 5. The first-order valence-corrected chi connectivity index (χ1v) is 6.86. The number of anilines is 2. The molecule has 2 aliphatic rings. The fraction of sp³-hybridized carbons (Fsp3) is 0.462. The van der Waals surface area contributed by atoms with Crippen LogP contribution in [0.4, 0.5) is 21.9 Å². The summed E-state index contributed by atoms with van der Waals surface area (Å²) >= 11 is 0. The number of hydrogen-bond donors (Lipinski definition) is 2. The zero-order chi connectivity index (χ0) is 15.0. The molecule has 2 aliphatic heterocycles. The summed E-state index contributed by atoms with van der Waals surface area (Å²) in [5.41, 5.74) is 1.19. The number of nitro benzene ring substituents is 1. The third kappa shape index (κ3) is 2.22. The van der Waals surface area contributed by atoms with Gasteiger partial charge in [-0.25, -0.2) is 4.79 Å². The minimum absolute atomic E-state index is 0.0434. The minimum atomic E-state index is -0.356. The molecule has 2 fully saturated rings. The van der Waals surface area contributed by atoms with E-state index in [1.807, 2.05) is 4.90 Å². The van der Waals surface area contributed by atoms with E-state index >= 15 is 0 Å². The average Bonchev–Trinajstić information content (AvgIpc) is 2.87. The smallest absolute Gasteiger partial charge is 0.317 e. The van der Waals surface area contributed by atoms with Gasteiger partial charge < -0.3 is 20.4 Å². The summed E-state index contributed by atoms with van der Waals surface area (Å²) in [6.07, 6.45) is 0. The molecule has 1 atom stereocenters. The van der Waals surface area contributed by atoms with Crippen molar-refractivity contribution in [2.75, 3.05) is 43.4 Å². The highest BCUT2D eigenvalue weighted by molar-refractivity contribution is 5.79. The van der Waals surface area contributed by atoms with Gasteiger partial charge in [0.25, 0.3) is 0 Å². The fourth-order valence-electron chi connectivity index (χ4n) is 3.00. The van der Waals surface area contributed by atoms with Gasteiger partial charge in [-0.15, -0.1) is 0 Å². The second-order valence-corrected chi connectivity index (χ2v) is 5.16. The van der Waals surface area contributed by atoms with Crippen LogP contribution in [-0.4, -0.2) is 55.1 Å². The largest absolute Gasteiger partial charge is 0.382 e. The zero-order valence-electron chi connectivity index (χ0n) is 11.7. The van der Waals surface area contributed by atoms with Gasteiger partial charge in [-0.3, -0.25) is 10.1 Å². The molecule has 8 heteroatoms. The molecule has 0 aliphatic carbocycles. The number of rotatable bonds is 3. The highest BCUT2D eigenvalue weighted by atomic mass is 16.6. The number of para-hydroxylation sites is 1. The Labute approximate surface area is 121 Å². The van der Waals surface area contributed by atoms with Gasteiger partial charge in [-0.2, -0.15) is 0 Å². The van der Waals surface area contributed by atoms with E-state index in [-0.39, 0.29) is 22.7 Å². The number of fused-ring (bicyclic) bond motifs is 1. The van der Waals surface area contributed by atoms with Crippen LogP contribution in [0.3, 0.4) is 0 Å². The number of nitrogens with zero attached hydrogens (tertiary/aromatic N) is 3. The molecule has 112 valence electrons. The van der Waals surface area contributed by atoms with Gasteiger partial charge in [-0.05, 0) is 12.1 Å².